The maximum Gasteiger partial charge on any atom is 0.0128 e. The van der Waals surface area contributed by atoms with Gasteiger partial charge in [0.2, 0.25) is 0 Å². The van der Waals surface area contributed by atoms with Gasteiger partial charge in [-0.2, -0.15) is 0 Å². The summed E-state index contributed by atoms with van der Waals surface area (Å²) in [5.74, 6) is 0. The van der Waals surface area contributed by atoms with Gasteiger partial charge < -0.3 is 10.2 Å². The Hall–Kier alpha value is -0.0800. The highest BCUT2D eigenvalue weighted by molar-refractivity contribution is 4.80. The standard InChI is InChI=1S/C13H30N2/c1-7-10-15(6)11-9-12(14-8-2)13(3,4)5/h12,14H,7-11H2,1-6H3. The summed E-state index contributed by atoms with van der Waals surface area (Å²) in [6, 6.07) is 0.627. The van der Waals surface area contributed by atoms with Crippen LogP contribution in [0.4, 0.5) is 0 Å². The Morgan fingerprint density at radius 2 is 1.73 bits per heavy atom. The van der Waals surface area contributed by atoms with Crippen LogP contribution in [0.3, 0.4) is 0 Å². The van der Waals surface area contributed by atoms with Gasteiger partial charge in [0.25, 0.3) is 0 Å². The third-order valence-corrected chi connectivity index (χ3v) is 2.90. The average molecular weight is 214 g/mol. The summed E-state index contributed by atoms with van der Waals surface area (Å²) in [5, 5.41) is 3.59. The highest BCUT2D eigenvalue weighted by Gasteiger charge is 2.23. The van der Waals surface area contributed by atoms with Crippen molar-refractivity contribution in [1.29, 1.82) is 0 Å². The van der Waals surface area contributed by atoms with Crippen LogP contribution in [-0.4, -0.2) is 37.6 Å². The zero-order valence-corrected chi connectivity index (χ0v) is 11.6. The van der Waals surface area contributed by atoms with E-state index in [2.05, 4.69) is 51.9 Å². The molecule has 0 amide bonds. The molecule has 1 atom stereocenters. The fourth-order valence-electron chi connectivity index (χ4n) is 1.93. The zero-order chi connectivity index (χ0) is 11.9. The highest BCUT2D eigenvalue weighted by Crippen LogP contribution is 2.21. The Labute approximate surface area is 96.4 Å². The van der Waals surface area contributed by atoms with E-state index in [1.54, 1.807) is 0 Å². The van der Waals surface area contributed by atoms with Crippen molar-refractivity contribution in [3.05, 3.63) is 0 Å². The van der Waals surface area contributed by atoms with Crippen LogP contribution in [-0.2, 0) is 0 Å². The molecule has 0 saturated heterocycles. The fourth-order valence-corrected chi connectivity index (χ4v) is 1.93. The fraction of sp³-hybridized carbons (Fsp3) is 1.00. The monoisotopic (exact) mass is 214 g/mol. The number of rotatable bonds is 7. The quantitative estimate of drug-likeness (QED) is 0.701. The molecule has 0 aromatic carbocycles. The maximum atomic E-state index is 3.59. The molecule has 92 valence electrons. The predicted molar refractivity (Wildman–Crippen MR) is 69.3 cm³/mol. The van der Waals surface area contributed by atoms with E-state index in [1.165, 1.54) is 25.9 Å². The van der Waals surface area contributed by atoms with E-state index in [9.17, 15) is 0 Å². The lowest BCUT2D eigenvalue weighted by Crippen LogP contribution is -2.42. The molecule has 0 radical (unpaired) electrons. The minimum absolute atomic E-state index is 0.364. The molecule has 0 aliphatic carbocycles. The van der Waals surface area contributed by atoms with Crippen molar-refractivity contribution in [1.82, 2.24) is 10.2 Å². The lowest BCUT2D eigenvalue weighted by molar-refractivity contribution is 0.224. The molecule has 0 saturated carbocycles. The molecule has 0 aliphatic heterocycles. The molecule has 1 unspecified atom stereocenters. The van der Waals surface area contributed by atoms with E-state index in [0.29, 0.717) is 11.5 Å². The molecule has 2 heteroatoms. The largest absolute Gasteiger partial charge is 0.314 e. The van der Waals surface area contributed by atoms with Gasteiger partial charge >= 0.3 is 0 Å². The average Bonchev–Trinajstić information content (AvgIpc) is 2.10. The first-order valence-electron chi connectivity index (χ1n) is 6.33. The Bertz CT molecular complexity index is 149. The Morgan fingerprint density at radius 3 is 2.13 bits per heavy atom. The van der Waals surface area contributed by atoms with E-state index < -0.39 is 0 Å². The number of nitrogens with zero attached hydrogens (tertiary/aromatic N) is 1. The van der Waals surface area contributed by atoms with Gasteiger partial charge in [0.15, 0.2) is 0 Å². The van der Waals surface area contributed by atoms with Crippen molar-refractivity contribution in [2.75, 3.05) is 26.7 Å². The van der Waals surface area contributed by atoms with E-state index in [0.717, 1.165) is 6.54 Å². The molecule has 0 rings (SSSR count). The van der Waals surface area contributed by atoms with E-state index in [4.69, 9.17) is 0 Å². The van der Waals surface area contributed by atoms with Gasteiger partial charge in [-0.15, -0.1) is 0 Å². The van der Waals surface area contributed by atoms with Gasteiger partial charge in [0.05, 0.1) is 0 Å². The van der Waals surface area contributed by atoms with Gasteiger partial charge in [-0.3, -0.25) is 0 Å². The Kier molecular flexibility index (Phi) is 7.20. The van der Waals surface area contributed by atoms with Gasteiger partial charge in [-0.05, 0) is 44.9 Å². The van der Waals surface area contributed by atoms with Crippen LogP contribution in [0, 0.1) is 5.41 Å². The minimum Gasteiger partial charge on any atom is -0.314 e. The topological polar surface area (TPSA) is 15.3 Å². The third-order valence-electron chi connectivity index (χ3n) is 2.90. The smallest absolute Gasteiger partial charge is 0.0128 e. The van der Waals surface area contributed by atoms with Gasteiger partial charge in [-0.1, -0.05) is 34.6 Å². The minimum atomic E-state index is 0.364. The van der Waals surface area contributed by atoms with Crippen molar-refractivity contribution in [3.8, 4) is 0 Å². The van der Waals surface area contributed by atoms with Crippen molar-refractivity contribution in [2.45, 2.75) is 53.5 Å². The van der Waals surface area contributed by atoms with Gasteiger partial charge in [-0.25, -0.2) is 0 Å². The van der Waals surface area contributed by atoms with Crippen LogP contribution < -0.4 is 5.32 Å². The summed E-state index contributed by atoms with van der Waals surface area (Å²) in [7, 11) is 2.22. The molecule has 0 heterocycles. The normalized spacial score (nSPS) is 14.6. The van der Waals surface area contributed by atoms with Crippen LogP contribution in [0.15, 0.2) is 0 Å². The molecule has 2 nitrogen and oxygen atoms in total. The highest BCUT2D eigenvalue weighted by atomic mass is 15.1. The van der Waals surface area contributed by atoms with Crippen LogP contribution in [0.1, 0.15) is 47.5 Å². The molecule has 0 spiro atoms. The van der Waals surface area contributed by atoms with Crippen molar-refractivity contribution >= 4 is 0 Å². The van der Waals surface area contributed by atoms with E-state index >= 15 is 0 Å². The SMILES string of the molecule is CCCN(C)CCC(NCC)C(C)(C)C. The Balaban J connectivity index is 3.96. The predicted octanol–water partition coefficient (Wildman–Crippen LogP) is 2.74. The molecular formula is C13H30N2. The zero-order valence-electron chi connectivity index (χ0n) is 11.6. The van der Waals surface area contributed by atoms with Gasteiger partial charge in [0, 0.05) is 6.04 Å². The number of hydrogen-bond donors (Lipinski definition) is 1. The Morgan fingerprint density at radius 1 is 1.13 bits per heavy atom. The number of hydrogen-bond acceptors (Lipinski definition) is 2. The van der Waals surface area contributed by atoms with Crippen molar-refractivity contribution < 1.29 is 0 Å². The second-order valence-electron chi connectivity index (χ2n) is 5.57. The second-order valence-corrected chi connectivity index (χ2v) is 5.57. The van der Waals surface area contributed by atoms with E-state index in [-0.39, 0.29) is 0 Å². The van der Waals surface area contributed by atoms with Crippen LogP contribution >= 0.6 is 0 Å². The summed E-state index contributed by atoms with van der Waals surface area (Å²) in [4.78, 5) is 2.43. The first kappa shape index (κ1) is 14.9. The van der Waals surface area contributed by atoms with Crippen molar-refractivity contribution in [3.63, 3.8) is 0 Å². The summed E-state index contributed by atoms with van der Waals surface area (Å²) in [6.45, 7) is 14.9. The van der Waals surface area contributed by atoms with Crippen LogP contribution in [0.2, 0.25) is 0 Å². The lowest BCUT2D eigenvalue weighted by atomic mass is 9.84. The number of nitrogens with one attached hydrogen (secondary N) is 1. The lowest BCUT2D eigenvalue weighted by Gasteiger charge is -2.32. The summed E-state index contributed by atoms with van der Waals surface area (Å²) >= 11 is 0. The molecule has 1 N–H and O–H groups in total. The molecule has 0 fully saturated rings. The molecule has 0 aromatic heterocycles. The second kappa shape index (κ2) is 7.24. The maximum absolute atomic E-state index is 3.59. The third kappa shape index (κ3) is 6.91. The first-order valence-corrected chi connectivity index (χ1v) is 6.33. The van der Waals surface area contributed by atoms with Crippen LogP contribution in [0.5, 0.6) is 0 Å². The summed E-state index contributed by atoms with van der Waals surface area (Å²) < 4.78 is 0. The molecule has 0 bridgehead atoms. The summed E-state index contributed by atoms with van der Waals surface area (Å²) in [5.41, 5.74) is 0.364. The van der Waals surface area contributed by atoms with Crippen LogP contribution in [0.25, 0.3) is 0 Å². The van der Waals surface area contributed by atoms with Crippen molar-refractivity contribution in [2.24, 2.45) is 5.41 Å². The van der Waals surface area contributed by atoms with E-state index in [1.807, 2.05) is 0 Å². The molecular weight excluding hydrogens is 184 g/mol. The summed E-state index contributed by atoms with van der Waals surface area (Å²) in [6.07, 6.45) is 2.49. The van der Waals surface area contributed by atoms with Gasteiger partial charge in [0.1, 0.15) is 0 Å². The molecule has 0 aliphatic rings. The molecule has 0 aromatic rings. The molecule has 15 heavy (non-hydrogen) atoms. The first-order chi connectivity index (χ1) is 6.91.